The maximum absolute atomic E-state index is 12.7. The minimum atomic E-state index is -4.77. The Kier molecular flexibility index (Phi) is 2.92. The van der Waals surface area contributed by atoms with Gasteiger partial charge in [0.05, 0.1) is 16.3 Å². The summed E-state index contributed by atoms with van der Waals surface area (Å²) in [4.78, 5) is -0.587. The van der Waals surface area contributed by atoms with Crippen molar-refractivity contribution in [1.29, 1.82) is 0 Å². The highest BCUT2D eigenvalue weighted by Gasteiger charge is 2.43. The average Bonchev–Trinajstić information content (AvgIpc) is 2.07. The van der Waals surface area contributed by atoms with Gasteiger partial charge >= 0.3 is 4.16 Å². The third kappa shape index (κ3) is 2.20. The Hall–Kier alpha value is -0.890. The number of rotatable bonds is 2. The van der Waals surface area contributed by atoms with Crippen LogP contribution in [0.5, 0.6) is 0 Å². The second-order valence-corrected chi connectivity index (χ2v) is 6.25. The van der Waals surface area contributed by atoms with Crippen LogP contribution in [0, 0.1) is 0 Å². The first-order chi connectivity index (χ1) is 6.66. The van der Waals surface area contributed by atoms with Crippen molar-refractivity contribution in [2.75, 3.05) is 11.5 Å². The van der Waals surface area contributed by atoms with E-state index >= 15 is 0 Å². The molecule has 0 atom stereocenters. The molecule has 1 aromatic rings. The molecule has 0 aliphatic rings. The third-order valence-corrected chi connectivity index (χ3v) is 4.44. The van der Waals surface area contributed by atoms with Crippen LogP contribution in [0.3, 0.4) is 0 Å². The first-order valence-corrected chi connectivity index (χ1v) is 5.90. The molecule has 0 aliphatic carbocycles. The van der Waals surface area contributed by atoms with E-state index in [0.717, 1.165) is 18.2 Å². The van der Waals surface area contributed by atoms with Gasteiger partial charge in [-0.3, -0.25) is 0 Å². The van der Waals surface area contributed by atoms with Crippen LogP contribution in [-0.4, -0.2) is 12.6 Å². The molecule has 84 valence electrons. The molecule has 8 heteroatoms. The molecule has 0 spiro atoms. The van der Waals surface area contributed by atoms with E-state index in [4.69, 9.17) is 11.5 Å². The molecule has 1 aromatic carbocycles. The number of nitrogens with two attached hydrogens (primary N) is 2. The van der Waals surface area contributed by atoms with Crippen molar-refractivity contribution in [3.63, 3.8) is 0 Å². The number of nitrogen functional groups attached to an aromatic ring is 2. The van der Waals surface area contributed by atoms with E-state index in [0.29, 0.717) is 0 Å². The Labute approximate surface area is 93.3 Å². The summed E-state index contributed by atoms with van der Waals surface area (Å²) in [5.74, 6) is 0. The zero-order valence-electron chi connectivity index (χ0n) is 7.25. The van der Waals surface area contributed by atoms with Crippen LogP contribution >= 0.6 is 15.9 Å². The molecular weight excluding hydrogens is 294 g/mol. The number of sulfone groups is 1. The predicted molar refractivity (Wildman–Crippen MR) is 56.3 cm³/mol. The third-order valence-electron chi connectivity index (χ3n) is 1.67. The lowest BCUT2D eigenvalue weighted by atomic mass is 10.3. The Morgan fingerprint density at radius 3 is 2.13 bits per heavy atom. The number of alkyl halides is 3. The zero-order chi connectivity index (χ0) is 11.9. The van der Waals surface area contributed by atoms with Gasteiger partial charge < -0.3 is 11.5 Å². The summed E-state index contributed by atoms with van der Waals surface area (Å²) < 4.78 is 43.8. The molecule has 0 amide bonds. The fourth-order valence-corrected chi connectivity index (χ4v) is 2.21. The topological polar surface area (TPSA) is 86.2 Å². The van der Waals surface area contributed by atoms with Crippen LogP contribution in [0.15, 0.2) is 23.1 Å². The van der Waals surface area contributed by atoms with Crippen molar-refractivity contribution in [3.8, 4) is 0 Å². The molecule has 4 nitrogen and oxygen atoms in total. The first-order valence-electron chi connectivity index (χ1n) is 3.62. The molecule has 0 bridgehead atoms. The standard InChI is InChI=1S/C7H7BrF2N2O2S/c8-7(9,10)15(13,14)4-1-2-5(11)6(12)3-4/h1-3H,11-12H2. The van der Waals surface area contributed by atoms with Crippen molar-refractivity contribution >= 4 is 37.1 Å². The van der Waals surface area contributed by atoms with Crippen LogP contribution < -0.4 is 11.5 Å². The van der Waals surface area contributed by atoms with Gasteiger partial charge in [0.25, 0.3) is 9.84 Å². The van der Waals surface area contributed by atoms with E-state index in [1.165, 1.54) is 0 Å². The fourth-order valence-electron chi connectivity index (χ4n) is 0.854. The van der Waals surface area contributed by atoms with Crippen LogP contribution in [0.25, 0.3) is 0 Å². The highest BCUT2D eigenvalue weighted by Crippen LogP contribution is 2.35. The van der Waals surface area contributed by atoms with Gasteiger partial charge in [-0.25, -0.2) is 8.42 Å². The summed E-state index contributed by atoms with van der Waals surface area (Å²) >= 11 is 1.79. The van der Waals surface area contributed by atoms with Crippen molar-refractivity contribution < 1.29 is 17.2 Å². The molecule has 0 aromatic heterocycles. The maximum Gasteiger partial charge on any atom is 0.404 e. The Bertz CT molecular complexity index is 484. The normalized spacial score (nSPS) is 12.7. The van der Waals surface area contributed by atoms with Crippen molar-refractivity contribution in [2.45, 2.75) is 9.06 Å². The molecule has 0 fully saturated rings. The second-order valence-electron chi connectivity index (χ2n) is 2.74. The molecule has 4 N–H and O–H groups in total. The zero-order valence-corrected chi connectivity index (χ0v) is 9.65. The monoisotopic (exact) mass is 300 g/mol. The van der Waals surface area contributed by atoms with Crippen LogP contribution in [0.4, 0.5) is 20.2 Å². The SMILES string of the molecule is Nc1ccc(S(=O)(=O)C(F)(F)Br)cc1N. The average molecular weight is 301 g/mol. The van der Waals surface area contributed by atoms with Gasteiger partial charge in [-0.1, -0.05) is 0 Å². The van der Waals surface area contributed by atoms with Gasteiger partial charge in [-0.2, -0.15) is 8.78 Å². The van der Waals surface area contributed by atoms with E-state index in [9.17, 15) is 17.2 Å². The van der Waals surface area contributed by atoms with E-state index in [-0.39, 0.29) is 11.4 Å². The summed E-state index contributed by atoms with van der Waals surface area (Å²) in [5.41, 5.74) is 10.7. The number of halogens is 3. The fraction of sp³-hybridized carbons (Fsp3) is 0.143. The molecular formula is C7H7BrF2N2O2S. The molecule has 1 rings (SSSR count). The number of anilines is 2. The molecule has 0 saturated heterocycles. The largest absolute Gasteiger partial charge is 0.404 e. The Morgan fingerprint density at radius 1 is 1.20 bits per heavy atom. The summed E-state index contributed by atoms with van der Waals surface area (Å²) in [6.45, 7) is 0. The molecule has 0 saturated carbocycles. The number of hydrogen-bond donors (Lipinski definition) is 2. The highest BCUT2D eigenvalue weighted by molar-refractivity contribution is 9.11. The van der Waals surface area contributed by atoms with Crippen LogP contribution in [0.1, 0.15) is 0 Å². The van der Waals surface area contributed by atoms with E-state index < -0.39 is 18.9 Å². The van der Waals surface area contributed by atoms with Crippen LogP contribution in [0.2, 0.25) is 0 Å². The van der Waals surface area contributed by atoms with Gasteiger partial charge in [0.15, 0.2) is 0 Å². The quantitative estimate of drug-likeness (QED) is 0.641. The molecule has 0 aliphatic heterocycles. The molecule has 0 heterocycles. The van der Waals surface area contributed by atoms with Crippen molar-refractivity contribution in [2.24, 2.45) is 0 Å². The lowest BCUT2D eigenvalue weighted by Gasteiger charge is -2.10. The van der Waals surface area contributed by atoms with Crippen LogP contribution in [-0.2, 0) is 9.84 Å². The van der Waals surface area contributed by atoms with E-state index in [1.54, 1.807) is 15.9 Å². The summed E-state index contributed by atoms with van der Waals surface area (Å²) in [6, 6.07) is 3.01. The van der Waals surface area contributed by atoms with Gasteiger partial charge in [-0.15, -0.1) is 0 Å². The Balaban J connectivity index is 3.36. The van der Waals surface area contributed by atoms with Gasteiger partial charge in [0, 0.05) is 15.9 Å². The van der Waals surface area contributed by atoms with Gasteiger partial charge in [0.1, 0.15) is 0 Å². The Morgan fingerprint density at radius 2 is 1.73 bits per heavy atom. The van der Waals surface area contributed by atoms with E-state index in [1.807, 2.05) is 0 Å². The number of benzene rings is 1. The molecule has 0 radical (unpaired) electrons. The maximum atomic E-state index is 12.7. The lowest BCUT2D eigenvalue weighted by Crippen LogP contribution is -2.21. The van der Waals surface area contributed by atoms with Gasteiger partial charge in [0.2, 0.25) is 0 Å². The minimum Gasteiger partial charge on any atom is -0.397 e. The molecule has 0 unspecified atom stereocenters. The number of hydrogen-bond acceptors (Lipinski definition) is 4. The lowest BCUT2D eigenvalue weighted by molar-refractivity contribution is 0.204. The second kappa shape index (κ2) is 3.60. The highest BCUT2D eigenvalue weighted by atomic mass is 79.9. The molecule has 15 heavy (non-hydrogen) atoms. The van der Waals surface area contributed by atoms with Gasteiger partial charge in [-0.05, 0) is 18.2 Å². The predicted octanol–water partition coefficient (Wildman–Crippen LogP) is 1.57. The minimum absolute atomic E-state index is 0.0622. The summed E-state index contributed by atoms with van der Waals surface area (Å²) in [7, 11) is -4.77. The first kappa shape index (κ1) is 12.2. The smallest absolute Gasteiger partial charge is 0.397 e. The van der Waals surface area contributed by atoms with Crippen molar-refractivity contribution in [1.82, 2.24) is 0 Å². The summed E-state index contributed by atoms with van der Waals surface area (Å²) in [6.07, 6.45) is 0. The summed E-state index contributed by atoms with van der Waals surface area (Å²) in [5, 5.41) is 0. The van der Waals surface area contributed by atoms with E-state index in [2.05, 4.69) is 0 Å². The van der Waals surface area contributed by atoms with Crippen molar-refractivity contribution in [3.05, 3.63) is 18.2 Å².